The van der Waals surface area contributed by atoms with Crippen molar-refractivity contribution in [3.63, 3.8) is 0 Å². The van der Waals surface area contributed by atoms with Gasteiger partial charge in [0.25, 0.3) is 0 Å². The number of benzene rings is 1. The van der Waals surface area contributed by atoms with Crippen LogP contribution in [0.25, 0.3) is 0 Å². The smallest absolute Gasteiger partial charge is 0.173 e. The number of hydrogen-bond acceptors (Lipinski definition) is 1. The van der Waals surface area contributed by atoms with Crippen LogP contribution >= 0.6 is 0 Å². The minimum absolute atomic E-state index is 0.0240. The van der Waals surface area contributed by atoms with Crippen LogP contribution in [-0.2, 0) is 0 Å². The van der Waals surface area contributed by atoms with E-state index in [1.807, 2.05) is 42.5 Å². The Morgan fingerprint density at radius 3 is 2.35 bits per heavy atom. The molecule has 88 valence electrons. The third-order valence-electron chi connectivity index (χ3n) is 3.12. The highest BCUT2D eigenvalue weighted by Gasteiger charge is 2.32. The summed E-state index contributed by atoms with van der Waals surface area (Å²) in [6, 6.07) is 9.58. The predicted molar refractivity (Wildman–Crippen MR) is 74.8 cm³/mol. The first kappa shape index (κ1) is 12.1. The molecule has 17 heavy (non-hydrogen) atoms. The van der Waals surface area contributed by atoms with E-state index in [-0.39, 0.29) is 11.7 Å². The van der Waals surface area contributed by atoms with Crippen molar-refractivity contribution in [2.75, 3.05) is 0 Å². The Bertz CT molecular complexity index is 477. The summed E-state index contributed by atoms with van der Waals surface area (Å²) in [5, 5.41) is 1.34. The van der Waals surface area contributed by atoms with Gasteiger partial charge in [-0.05, 0) is 0 Å². The van der Waals surface area contributed by atoms with Crippen LogP contribution < -0.4 is 0 Å². The monoisotopic (exact) mass is 242 g/mol. The van der Waals surface area contributed by atoms with E-state index in [0.717, 1.165) is 5.56 Å². The van der Waals surface area contributed by atoms with Crippen LogP contribution in [0.5, 0.6) is 0 Å². The van der Waals surface area contributed by atoms with Crippen molar-refractivity contribution in [2.45, 2.75) is 19.6 Å². The van der Waals surface area contributed by atoms with Crippen molar-refractivity contribution < 1.29 is 4.79 Å². The van der Waals surface area contributed by atoms with Crippen LogP contribution in [0.2, 0.25) is 19.6 Å². The molecule has 0 saturated heterocycles. The van der Waals surface area contributed by atoms with Crippen LogP contribution in [0, 0.1) is 5.92 Å². The van der Waals surface area contributed by atoms with Gasteiger partial charge in [0.2, 0.25) is 0 Å². The lowest BCUT2D eigenvalue weighted by Crippen LogP contribution is -2.31. The quantitative estimate of drug-likeness (QED) is 0.581. The summed E-state index contributed by atoms with van der Waals surface area (Å²) < 4.78 is 0. The van der Waals surface area contributed by atoms with E-state index in [2.05, 4.69) is 25.7 Å². The van der Waals surface area contributed by atoms with Gasteiger partial charge in [-0.25, -0.2) is 0 Å². The van der Waals surface area contributed by atoms with E-state index >= 15 is 0 Å². The summed E-state index contributed by atoms with van der Waals surface area (Å²) in [5.74, 6) is 0.206. The minimum atomic E-state index is -1.41. The molecule has 0 spiro atoms. The summed E-state index contributed by atoms with van der Waals surface area (Å²) in [4.78, 5) is 12.4. The van der Waals surface area contributed by atoms with Crippen LogP contribution in [0.1, 0.15) is 10.4 Å². The van der Waals surface area contributed by atoms with E-state index in [4.69, 9.17) is 0 Å². The van der Waals surface area contributed by atoms with Crippen LogP contribution in [0.4, 0.5) is 0 Å². The molecular formula is C15H18OSi. The molecule has 0 bridgehead atoms. The first-order valence-corrected chi connectivity index (χ1v) is 9.48. The molecule has 1 aliphatic rings. The van der Waals surface area contributed by atoms with Crippen molar-refractivity contribution in [2.24, 2.45) is 5.92 Å². The van der Waals surface area contributed by atoms with Gasteiger partial charge >= 0.3 is 0 Å². The van der Waals surface area contributed by atoms with E-state index < -0.39 is 8.07 Å². The average Bonchev–Trinajstić information content (AvgIpc) is 2.78. The van der Waals surface area contributed by atoms with Gasteiger partial charge in [-0.3, -0.25) is 4.79 Å². The van der Waals surface area contributed by atoms with Gasteiger partial charge in [0, 0.05) is 5.56 Å². The Hall–Kier alpha value is -1.41. The van der Waals surface area contributed by atoms with E-state index in [0.29, 0.717) is 0 Å². The molecule has 0 amide bonds. The second-order valence-corrected chi connectivity index (χ2v) is 10.5. The number of ketones is 1. The SMILES string of the molecule is C[Si](C)(C)C1=CC=CC1C(=O)c1ccccc1. The van der Waals surface area contributed by atoms with Gasteiger partial charge in [-0.2, -0.15) is 0 Å². The van der Waals surface area contributed by atoms with Crippen LogP contribution in [0.3, 0.4) is 0 Å². The molecule has 2 rings (SSSR count). The summed E-state index contributed by atoms with van der Waals surface area (Å²) in [7, 11) is -1.41. The Kier molecular flexibility index (Phi) is 3.16. The normalized spacial score (nSPS) is 19.2. The average molecular weight is 242 g/mol. The van der Waals surface area contributed by atoms with Gasteiger partial charge in [0.15, 0.2) is 5.78 Å². The van der Waals surface area contributed by atoms with Crippen LogP contribution in [0.15, 0.2) is 53.8 Å². The predicted octanol–water partition coefficient (Wildman–Crippen LogP) is 3.86. The molecule has 1 aromatic carbocycles. The molecule has 0 saturated carbocycles. The third-order valence-corrected chi connectivity index (χ3v) is 5.33. The molecule has 0 fully saturated rings. The molecule has 1 aliphatic carbocycles. The molecule has 1 unspecified atom stereocenters. The molecule has 0 radical (unpaired) electrons. The fourth-order valence-corrected chi connectivity index (χ4v) is 3.96. The fraction of sp³-hybridized carbons (Fsp3) is 0.267. The van der Waals surface area contributed by atoms with Crippen molar-refractivity contribution in [1.82, 2.24) is 0 Å². The molecule has 2 heteroatoms. The highest BCUT2D eigenvalue weighted by atomic mass is 28.3. The molecule has 1 atom stereocenters. The first-order chi connectivity index (χ1) is 8.00. The Morgan fingerprint density at radius 1 is 1.12 bits per heavy atom. The minimum Gasteiger partial charge on any atom is -0.293 e. The number of carbonyl (C=O) groups excluding carboxylic acids is 1. The standard InChI is InChI=1S/C15H18OSi/c1-17(2,3)14-11-7-10-13(14)15(16)12-8-5-4-6-9-12/h4-11,13H,1-3H3. The highest BCUT2D eigenvalue weighted by Crippen LogP contribution is 2.30. The molecule has 1 nitrogen and oxygen atoms in total. The Balaban J connectivity index is 2.28. The second-order valence-electron chi connectivity index (χ2n) is 5.46. The highest BCUT2D eigenvalue weighted by molar-refractivity contribution is 6.83. The molecule has 0 N–H and O–H groups in total. The Morgan fingerprint density at radius 2 is 1.76 bits per heavy atom. The first-order valence-electron chi connectivity index (χ1n) is 5.98. The summed E-state index contributed by atoms with van der Waals surface area (Å²) in [5.41, 5.74) is 0.813. The van der Waals surface area contributed by atoms with Crippen molar-refractivity contribution in [3.05, 3.63) is 59.3 Å². The molecular weight excluding hydrogens is 224 g/mol. The second kappa shape index (κ2) is 4.45. The van der Waals surface area contributed by atoms with Gasteiger partial charge in [-0.15, -0.1) is 0 Å². The van der Waals surface area contributed by atoms with Gasteiger partial charge in [0.1, 0.15) is 0 Å². The maximum Gasteiger partial charge on any atom is 0.173 e. The lowest BCUT2D eigenvalue weighted by atomic mass is 9.99. The zero-order valence-electron chi connectivity index (χ0n) is 10.6. The fourth-order valence-electron chi connectivity index (χ4n) is 2.20. The summed E-state index contributed by atoms with van der Waals surface area (Å²) in [6.45, 7) is 6.87. The lowest BCUT2D eigenvalue weighted by Gasteiger charge is -2.24. The maximum atomic E-state index is 12.4. The zero-order valence-corrected chi connectivity index (χ0v) is 11.6. The van der Waals surface area contributed by atoms with Crippen LogP contribution in [-0.4, -0.2) is 13.9 Å². The number of rotatable bonds is 3. The van der Waals surface area contributed by atoms with Gasteiger partial charge in [-0.1, -0.05) is 73.4 Å². The Labute approximate surface area is 104 Å². The van der Waals surface area contributed by atoms with Crippen molar-refractivity contribution in [1.29, 1.82) is 0 Å². The number of allylic oxidation sites excluding steroid dienone is 4. The van der Waals surface area contributed by atoms with Gasteiger partial charge in [0.05, 0.1) is 14.0 Å². The summed E-state index contributed by atoms with van der Waals surface area (Å²) >= 11 is 0. The summed E-state index contributed by atoms with van der Waals surface area (Å²) in [6.07, 6.45) is 6.19. The lowest BCUT2D eigenvalue weighted by molar-refractivity contribution is 0.0964. The third kappa shape index (κ3) is 2.47. The maximum absolute atomic E-state index is 12.4. The molecule has 0 heterocycles. The molecule has 1 aromatic rings. The van der Waals surface area contributed by atoms with Crippen molar-refractivity contribution in [3.8, 4) is 0 Å². The van der Waals surface area contributed by atoms with E-state index in [1.165, 1.54) is 5.20 Å². The zero-order chi connectivity index (χ0) is 12.5. The van der Waals surface area contributed by atoms with Gasteiger partial charge < -0.3 is 0 Å². The number of hydrogen-bond donors (Lipinski definition) is 0. The largest absolute Gasteiger partial charge is 0.293 e. The van der Waals surface area contributed by atoms with E-state index in [1.54, 1.807) is 0 Å². The number of carbonyl (C=O) groups is 1. The molecule has 0 aliphatic heterocycles. The number of Topliss-reactive ketones (excluding diaryl/α,β-unsaturated/α-hetero) is 1. The van der Waals surface area contributed by atoms with Crippen molar-refractivity contribution >= 4 is 13.9 Å². The topological polar surface area (TPSA) is 17.1 Å². The van der Waals surface area contributed by atoms with E-state index in [9.17, 15) is 4.79 Å². The molecule has 0 aromatic heterocycles.